The van der Waals surface area contributed by atoms with Gasteiger partial charge in [-0.3, -0.25) is 0 Å². The van der Waals surface area contributed by atoms with Crippen molar-refractivity contribution in [3.05, 3.63) is 34.3 Å². The van der Waals surface area contributed by atoms with Crippen molar-refractivity contribution in [3.8, 4) is 0 Å². The van der Waals surface area contributed by atoms with E-state index >= 15 is 0 Å². The van der Waals surface area contributed by atoms with E-state index in [0.717, 1.165) is 24.0 Å². The van der Waals surface area contributed by atoms with Crippen LogP contribution in [0.5, 0.6) is 0 Å². The first-order valence-electron chi connectivity index (χ1n) is 5.24. The van der Waals surface area contributed by atoms with Gasteiger partial charge in [0.05, 0.1) is 0 Å². The molecule has 1 saturated carbocycles. The molecule has 2 rings (SSSR count). The van der Waals surface area contributed by atoms with E-state index < -0.39 is 0 Å². The van der Waals surface area contributed by atoms with E-state index in [0.29, 0.717) is 0 Å². The SMILES string of the molecule is Cc1cc(CCNC2CC2)ccc1Cl. The number of hydrogen-bond acceptors (Lipinski definition) is 1. The van der Waals surface area contributed by atoms with Crippen molar-refractivity contribution in [2.24, 2.45) is 0 Å². The summed E-state index contributed by atoms with van der Waals surface area (Å²) < 4.78 is 0. The van der Waals surface area contributed by atoms with E-state index in [4.69, 9.17) is 11.6 Å². The Bertz CT molecular complexity index is 318. The van der Waals surface area contributed by atoms with Gasteiger partial charge in [0.2, 0.25) is 0 Å². The highest BCUT2D eigenvalue weighted by Crippen LogP contribution is 2.19. The summed E-state index contributed by atoms with van der Waals surface area (Å²) in [7, 11) is 0. The first kappa shape index (κ1) is 10.0. The fraction of sp³-hybridized carbons (Fsp3) is 0.500. The Labute approximate surface area is 90.5 Å². The minimum atomic E-state index is 0.809. The van der Waals surface area contributed by atoms with Crippen LogP contribution in [0.15, 0.2) is 18.2 Å². The molecule has 1 nitrogen and oxygen atoms in total. The Balaban J connectivity index is 1.85. The number of halogens is 1. The van der Waals surface area contributed by atoms with Crippen LogP contribution in [-0.2, 0) is 6.42 Å². The second-order valence-corrected chi connectivity index (χ2v) is 4.47. The molecule has 0 bridgehead atoms. The van der Waals surface area contributed by atoms with Crippen molar-refractivity contribution in [3.63, 3.8) is 0 Å². The monoisotopic (exact) mass is 209 g/mol. The van der Waals surface area contributed by atoms with Gasteiger partial charge in [0.1, 0.15) is 0 Å². The van der Waals surface area contributed by atoms with Crippen LogP contribution < -0.4 is 5.32 Å². The van der Waals surface area contributed by atoms with Gasteiger partial charge < -0.3 is 5.32 Å². The van der Waals surface area contributed by atoms with Crippen LogP contribution in [0.1, 0.15) is 24.0 Å². The van der Waals surface area contributed by atoms with Crippen molar-refractivity contribution in [2.45, 2.75) is 32.2 Å². The molecule has 0 unspecified atom stereocenters. The lowest BCUT2D eigenvalue weighted by Gasteiger charge is -2.05. The van der Waals surface area contributed by atoms with Crippen molar-refractivity contribution in [1.82, 2.24) is 5.32 Å². The van der Waals surface area contributed by atoms with Crippen molar-refractivity contribution >= 4 is 11.6 Å². The fourth-order valence-electron chi connectivity index (χ4n) is 1.57. The molecule has 1 fully saturated rings. The van der Waals surface area contributed by atoms with Gasteiger partial charge in [0.25, 0.3) is 0 Å². The van der Waals surface area contributed by atoms with E-state index in [9.17, 15) is 0 Å². The molecular weight excluding hydrogens is 194 g/mol. The third-order valence-corrected chi connectivity index (χ3v) is 3.07. The summed E-state index contributed by atoms with van der Waals surface area (Å²) in [5.74, 6) is 0. The number of hydrogen-bond donors (Lipinski definition) is 1. The number of benzene rings is 1. The highest BCUT2D eigenvalue weighted by atomic mass is 35.5. The zero-order valence-electron chi connectivity index (χ0n) is 8.52. The molecule has 0 radical (unpaired) electrons. The molecule has 0 aliphatic heterocycles. The first-order chi connectivity index (χ1) is 6.75. The second-order valence-electron chi connectivity index (χ2n) is 4.06. The highest BCUT2D eigenvalue weighted by molar-refractivity contribution is 6.31. The Morgan fingerprint density at radius 2 is 2.21 bits per heavy atom. The standard InChI is InChI=1S/C12H16ClN/c1-9-8-10(2-5-12(9)13)6-7-14-11-3-4-11/h2,5,8,11,14H,3-4,6-7H2,1H3. The van der Waals surface area contributed by atoms with E-state index in [-0.39, 0.29) is 0 Å². The zero-order valence-corrected chi connectivity index (χ0v) is 9.27. The van der Waals surface area contributed by atoms with E-state index in [1.165, 1.54) is 24.0 Å². The maximum atomic E-state index is 5.96. The molecule has 2 heteroatoms. The quantitative estimate of drug-likeness (QED) is 0.804. The lowest BCUT2D eigenvalue weighted by atomic mass is 10.1. The molecule has 1 N–H and O–H groups in total. The molecule has 0 saturated heterocycles. The number of rotatable bonds is 4. The van der Waals surface area contributed by atoms with Gasteiger partial charge in [0, 0.05) is 11.1 Å². The Hall–Kier alpha value is -0.530. The minimum Gasteiger partial charge on any atom is -0.314 e. The predicted molar refractivity (Wildman–Crippen MR) is 60.9 cm³/mol. The van der Waals surface area contributed by atoms with Crippen LogP contribution >= 0.6 is 11.6 Å². The summed E-state index contributed by atoms with van der Waals surface area (Å²) in [4.78, 5) is 0. The molecule has 0 spiro atoms. The van der Waals surface area contributed by atoms with Crippen molar-refractivity contribution in [1.29, 1.82) is 0 Å². The van der Waals surface area contributed by atoms with Crippen LogP contribution in [-0.4, -0.2) is 12.6 Å². The summed E-state index contributed by atoms with van der Waals surface area (Å²) in [6.45, 7) is 3.14. The van der Waals surface area contributed by atoms with Gasteiger partial charge in [-0.2, -0.15) is 0 Å². The summed E-state index contributed by atoms with van der Waals surface area (Å²) in [6, 6.07) is 7.09. The molecule has 1 aromatic rings. The molecule has 1 aliphatic carbocycles. The predicted octanol–water partition coefficient (Wildman–Crippen LogP) is 2.94. The summed E-state index contributed by atoms with van der Waals surface area (Å²) >= 11 is 5.96. The lowest BCUT2D eigenvalue weighted by Crippen LogP contribution is -2.19. The third kappa shape index (κ3) is 2.73. The largest absolute Gasteiger partial charge is 0.314 e. The average molecular weight is 210 g/mol. The minimum absolute atomic E-state index is 0.809. The zero-order chi connectivity index (χ0) is 9.97. The fourth-order valence-corrected chi connectivity index (χ4v) is 1.69. The summed E-state index contributed by atoms with van der Waals surface area (Å²) in [5.41, 5.74) is 2.55. The smallest absolute Gasteiger partial charge is 0.0435 e. The second kappa shape index (κ2) is 4.33. The molecule has 0 amide bonds. The average Bonchev–Trinajstić information content (AvgIpc) is 2.95. The van der Waals surface area contributed by atoms with E-state index in [1.54, 1.807) is 0 Å². The number of nitrogens with one attached hydrogen (secondary N) is 1. The molecule has 0 heterocycles. The normalized spacial score (nSPS) is 15.9. The summed E-state index contributed by atoms with van der Waals surface area (Å²) in [6.07, 6.45) is 3.83. The van der Waals surface area contributed by atoms with Gasteiger partial charge in [0.15, 0.2) is 0 Å². The van der Waals surface area contributed by atoms with Gasteiger partial charge >= 0.3 is 0 Å². The maximum Gasteiger partial charge on any atom is 0.0435 e. The van der Waals surface area contributed by atoms with E-state index in [1.807, 2.05) is 6.07 Å². The highest BCUT2D eigenvalue weighted by Gasteiger charge is 2.19. The maximum absolute atomic E-state index is 5.96. The lowest BCUT2D eigenvalue weighted by molar-refractivity contribution is 0.682. The molecule has 1 aromatic carbocycles. The number of aryl methyl sites for hydroxylation is 1. The van der Waals surface area contributed by atoms with Crippen LogP contribution in [0.2, 0.25) is 5.02 Å². The van der Waals surface area contributed by atoms with E-state index in [2.05, 4.69) is 24.4 Å². The van der Waals surface area contributed by atoms with Gasteiger partial charge in [-0.15, -0.1) is 0 Å². The van der Waals surface area contributed by atoms with Gasteiger partial charge in [-0.05, 0) is 49.9 Å². The third-order valence-electron chi connectivity index (χ3n) is 2.65. The summed E-state index contributed by atoms with van der Waals surface area (Å²) in [5, 5.41) is 4.37. The topological polar surface area (TPSA) is 12.0 Å². The Kier molecular flexibility index (Phi) is 3.09. The van der Waals surface area contributed by atoms with Crippen molar-refractivity contribution < 1.29 is 0 Å². The van der Waals surface area contributed by atoms with Crippen LogP contribution in [0.25, 0.3) is 0 Å². The van der Waals surface area contributed by atoms with Gasteiger partial charge in [-0.25, -0.2) is 0 Å². The van der Waals surface area contributed by atoms with Gasteiger partial charge in [-0.1, -0.05) is 23.7 Å². The van der Waals surface area contributed by atoms with Crippen LogP contribution in [0.3, 0.4) is 0 Å². The molecule has 76 valence electrons. The van der Waals surface area contributed by atoms with Crippen molar-refractivity contribution in [2.75, 3.05) is 6.54 Å². The molecule has 1 aliphatic rings. The molecule has 0 aromatic heterocycles. The van der Waals surface area contributed by atoms with Crippen LogP contribution in [0.4, 0.5) is 0 Å². The van der Waals surface area contributed by atoms with Crippen LogP contribution in [0, 0.1) is 6.92 Å². The molecule has 0 atom stereocenters. The first-order valence-corrected chi connectivity index (χ1v) is 5.62. The molecular formula is C12H16ClN. The Morgan fingerprint density at radius 1 is 1.43 bits per heavy atom. The Morgan fingerprint density at radius 3 is 2.86 bits per heavy atom. The molecule has 14 heavy (non-hydrogen) atoms.